The second-order valence-corrected chi connectivity index (χ2v) is 20.6. The predicted molar refractivity (Wildman–Crippen MR) is 254 cm³/mol. The molecule has 6 aromatic carbocycles. The van der Waals surface area contributed by atoms with Gasteiger partial charge < -0.3 is 9.47 Å². The average Bonchev–Trinajstić information content (AvgIpc) is 3.29. The van der Waals surface area contributed by atoms with E-state index in [-0.39, 0.29) is 13.1 Å². The molecule has 0 fully saturated rings. The summed E-state index contributed by atoms with van der Waals surface area (Å²) in [4.78, 5) is 30.1. The van der Waals surface area contributed by atoms with E-state index in [0.29, 0.717) is 37.0 Å². The number of ether oxygens (including phenoxy) is 4. The number of amides is 2. The minimum atomic E-state index is -2.33. The molecule has 0 unspecified atom stereocenters. The van der Waals surface area contributed by atoms with Crippen molar-refractivity contribution in [1.29, 1.82) is 0 Å². The molecule has 0 bridgehead atoms. The number of unbranched alkanes of at least 4 members (excludes halogenated alkanes) is 3. The first-order valence-electron chi connectivity index (χ1n) is 21.7. The molecule has 6 rings (SSSR count). The molecule has 6 aromatic rings. The minimum Gasteiger partial charge on any atom is -0.0253 e. The Balaban J connectivity index is 1.14. The van der Waals surface area contributed by atoms with Gasteiger partial charge in [0.1, 0.15) is 18.8 Å². The molecule has 0 aliphatic heterocycles. The van der Waals surface area contributed by atoms with Gasteiger partial charge in [-0.25, -0.2) is 0 Å². The number of benzene rings is 6. The summed E-state index contributed by atoms with van der Waals surface area (Å²) in [6, 6.07) is 58.0. The van der Waals surface area contributed by atoms with E-state index in [1.165, 1.54) is 20.8 Å². The number of carbonyl (C=O) groups is 2. The third-order valence-electron chi connectivity index (χ3n) is 10.8. The Kier molecular flexibility index (Phi) is 16.6. The van der Waals surface area contributed by atoms with Gasteiger partial charge in [-0.15, -0.1) is 0 Å². The SMILES string of the molecule is CN(CCN(CCCCCC[PH](c1ccccc1)(c1ccccc1)c1ccccc1)C(=O)Oc1ccc(OCc2ccccc2)c(OCc2ccccc2)c1)C(=O)OC(C)(C)C. The first-order valence-corrected chi connectivity index (χ1v) is 23.9. The molecule has 0 heterocycles. The van der Waals surface area contributed by atoms with Crippen LogP contribution in [-0.2, 0) is 18.0 Å². The van der Waals surface area contributed by atoms with Crippen LogP contribution < -0.4 is 30.1 Å². The van der Waals surface area contributed by atoms with Gasteiger partial charge in [0.15, 0.2) is 5.75 Å². The quantitative estimate of drug-likeness (QED) is 0.0562. The molecule has 2 amide bonds. The van der Waals surface area contributed by atoms with Crippen LogP contribution in [0.3, 0.4) is 0 Å². The molecule has 62 heavy (non-hydrogen) atoms. The molecule has 0 N–H and O–H groups in total. The minimum absolute atomic E-state index is 0.274. The Bertz CT molecular complexity index is 2160. The van der Waals surface area contributed by atoms with Crippen molar-refractivity contribution in [2.45, 2.75) is 65.3 Å². The fourth-order valence-electron chi connectivity index (χ4n) is 7.56. The van der Waals surface area contributed by atoms with Crippen molar-refractivity contribution in [2.75, 3.05) is 32.8 Å². The Morgan fingerprint density at radius 3 is 1.48 bits per heavy atom. The third-order valence-corrected chi connectivity index (χ3v) is 15.9. The monoisotopic (exact) mass is 852 g/mol. The topological polar surface area (TPSA) is 77.5 Å². The van der Waals surface area contributed by atoms with Crippen LogP contribution >= 0.6 is 7.26 Å². The van der Waals surface area contributed by atoms with Gasteiger partial charge >= 0.3 is 243 Å². The van der Waals surface area contributed by atoms with Gasteiger partial charge in [0.2, 0.25) is 0 Å². The molecular formula is C53H61N2O6P. The molecule has 8 nitrogen and oxygen atoms in total. The third kappa shape index (κ3) is 13.2. The zero-order chi connectivity index (χ0) is 43.6. The molecule has 0 saturated carbocycles. The molecule has 0 aliphatic carbocycles. The first kappa shape index (κ1) is 45.4. The van der Waals surface area contributed by atoms with Crippen LogP contribution in [0.5, 0.6) is 17.2 Å². The number of rotatable bonds is 20. The van der Waals surface area contributed by atoms with Crippen LogP contribution in [0.2, 0.25) is 0 Å². The van der Waals surface area contributed by atoms with E-state index >= 15 is 0 Å². The smallest absolute Gasteiger partial charge is 0.0253 e. The Morgan fingerprint density at radius 2 is 0.984 bits per heavy atom. The maximum absolute atomic E-state index is 14.0. The van der Waals surface area contributed by atoms with Crippen molar-refractivity contribution in [3.05, 3.63) is 181 Å². The Labute approximate surface area is 368 Å². The van der Waals surface area contributed by atoms with Crippen LogP contribution in [-0.4, -0.2) is 60.4 Å². The zero-order valence-corrected chi connectivity index (χ0v) is 37.6. The van der Waals surface area contributed by atoms with E-state index in [1.54, 1.807) is 30.1 Å². The van der Waals surface area contributed by atoms with Gasteiger partial charge in [0, 0.05) is 0 Å². The number of carbonyl (C=O) groups excluding carboxylic acids is 2. The predicted octanol–water partition coefficient (Wildman–Crippen LogP) is 10.8. The molecular weight excluding hydrogens is 792 g/mol. The van der Waals surface area contributed by atoms with Crippen LogP contribution in [0.4, 0.5) is 9.59 Å². The second kappa shape index (κ2) is 22.7. The molecule has 0 radical (unpaired) electrons. The molecule has 0 saturated heterocycles. The number of hydrogen-bond acceptors (Lipinski definition) is 6. The number of nitrogens with zero attached hydrogens (tertiary/aromatic N) is 2. The molecule has 9 heteroatoms. The van der Waals surface area contributed by atoms with Gasteiger partial charge in [-0.1, -0.05) is 60.7 Å². The van der Waals surface area contributed by atoms with Crippen LogP contribution in [0.25, 0.3) is 0 Å². The second-order valence-electron chi connectivity index (χ2n) is 16.6. The standard InChI is InChI=1S/C53H61N2O6P/c1-53(2,3)61-51(56)54(4)37-38-55(36-22-5-6-23-39-62(46-28-16-9-17-29-46,47-30-18-10-19-31-47)48-32-20-11-21-33-48)52(57)60-45-34-35-49(58-41-43-24-12-7-13-25-43)50(40-45)59-42-44-26-14-8-15-27-44/h7-21,24-35,40,62H,5-6,22-23,36-39,41-42H2,1-4H3. The summed E-state index contributed by atoms with van der Waals surface area (Å²) < 4.78 is 24.1. The van der Waals surface area contributed by atoms with Gasteiger partial charge in [0.25, 0.3) is 0 Å². The van der Waals surface area contributed by atoms with E-state index in [2.05, 4.69) is 91.0 Å². The van der Waals surface area contributed by atoms with E-state index in [1.807, 2.05) is 81.4 Å². The molecule has 324 valence electrons. The number of likely N-dealkylation sites (N-methyl/N-ethyl adjacent to an activating group) is 1. The summed E-state index contributed by atoms with van der Waals surface area (Å²) in [5, 5.41) is 4.22. The van der Waals surface area contributed by atoms with Crippen molar-refractivity contribution in [3.63, 3.8) is 0 Å². The van der Waals surface area contributed by atoms with Gasteiger partial charge in [-0.2, -0.15) is 0 Å². The summed E-state index contributed by atoms with van der Waals surface area (Å²) in [5.41, 5.74) is 1.38. The van der Waals surface area contributed by atoms with Crippen LogP contribution in [0, 0.1) is 0 Å². The van der Waals surface area contributed by atoms with Crippen molar-refractivity contribution >= 4 is 35.4 Å². The average molecular weight is 853 g/mol. The van der Waals surface area contributed by atoms with E-state index in [4.69, 9.17) is 18.9 Å². The van der Waals surface area contributed by atoms with Gasteiger partial charge in [-0.05, 0) is 31.9 Å². The fraction of sp³-hybridized carbons (Fsp3) is 0.283. The zero-order valence-electron chi connectivity index (χ0n) is 36.6. The molecule has 0 aliphatic rings. The van der Waals surface area contributed by atoms with Gasteiger partial charge in [0.05, 0.1) is 0 Å². The maximum atomic E-state index is 14.0. The van der Waals surface area contributed by atoms with Crippen LogP contribution in [0.1, 0.15) is 57.6 Å². The van der Waals surface area contributed by atoms with E-state index < -0.39 is 25.1 Å². The molecule has 0 atom stereocenters. The summed E-state index contributed by atoms with van der Waals surface area (Å²) in [6.45, 7) is 7.20. The van der Waals surface area contributed by atoms with Gasteiger partial charge in [-0.3, -0.25) is 0 Å². The van der Waals surface area contributed by atoms with Crippen molar-refractivity contribution in [3.8, 4) is 17.2 Å². The molecule has 0 aromatic heterocycles. The first-order chi connectivity index (χ1) is 30.1. The van der Waals surface area contributed by atoms with Crippen molar-refractivity contribution in [1.82, 2.24) is 9.80 Å². The Morgan fingerprint density at radius 1 is 0.516 bits per heavy atom. The van der Waals surface area contributed by atoms with Crippen LogP contribution in [0.15, 0.2) is 170 Å². The van der Waals surface area contributed by atoms with Crippen molar-refractivity contribution in [2.24, 2.45) is 0 Å². The normalized spacial score (nSPS) is 11.6. The summed E-state index contributed by atoms with van der Waals surface area (Å²) in [7, 11) is -0.645. The Hall–Kier alpha value is -6.11. The van der Waals surface area contributed by atoms with E-state index in [9.17, 15) is 9.59 Å². The molecule has 0 spiro atoms. The number of hydrogen-bond donors (Lipinski definition) is 0. The summed E-state index contributed by atoms with van der Waals surface area (Å²) in [5.74, 6) is 1.34. The summed E-state index contributed by atoms with van der Waals surface area (Å²) >= 11 is 0. The van der Waals surface area contributed by atoms with Crippen molar-refractivity contribution < 1.29 is 28.5 Å². The summed E-state index contributed by atoms with van der Waals surface area (Å²) in [6.07, 6.45) is 3.88. The fourth-order valence-corrected chi connectivity index (χ4v) is 12.5. The van der Waals surface area contributed by atoms with E-state index in [0.717, 1.165) is 43.0 Å².